The van der Waals surface area contributed by atoms with Crippen LogP contribution in [0.4, 0.5) is 10.1 Å². The second-order valence-corrected chi connectivity index (χ2v) is 7.88. The standard InChI is InChI=1S/C25H27FN4O/c1-2-24(31)30(22-12-14-29(15-13-22)18-19-6-4-3-5-7-19)23-16-27-25(28-17-23)20-8-10-21(26)11-9-20/h3-11,16-17,22H,2,12-15,18H2,1H3. The highest BCUT2D eigenvalue weighted by Crippen LogP contribution is 2.26. The summed E-state index contributed by atoms with van der Waals surface area (Å²) in [6.45, 7) is 4.71. The molecule has 4 rings (SSSR count). The van der Waals surface area contributed by atoms with Crippen molar-refractivity contribution in [3.05, 3.63) is 78.4 Å². The number of hydrogen-bond acceptors (Lipinski definition) is 4. The third-order valence-corrected chi connectivity index (χ3v) is 5.76. The van der Waals surface area contributed by atoms with Crippen LogP contribution in [0.3, 0.4) is 0 Å². The molecule has 6 heteroatoms. The van der Waals surface area contributed by atoms with Crippen molar-refractivity contribution in [1.29, 1.82) is 0 Å². The molecule has 0 spiro atoms. The molecule has 0 aliphatic carbocycles. The molecular weight excluding hydrogens is 391 g/mol. The van der Waals surface area contributed by atoms with Crippen LogP contribution in [-0.2, 0) is 11.3 Å². The zero-order chi connectivity index (χ0) is 21.6. The van der Waals surface area contributed by atoms with Gasteiger partial charge in [0.05, 0.1) is 18.1 Å². The lowest BCUT2D eigenvalue weighted by atomic mass is 10.0. The van der Waals surface area contributed by atoms with Crippen molar-refractivity contribution in [3.8, 4) is 11.4 Å². The lowest BCUT2D eigenvalue weighted by Crippen LogP contribution is -2.47. The first-order chi connectivity index (χ1) is 15.1. The molecule has 160 valence electrons. The highest BCUT2D eigenvalue weighted by Gasteiger charge is 2.29. The van der Waals surface area contributed by atoms with Crippen molar-refractivity contribution in [2.75, 3.05) is 18.0 Å². The summed E-state index contributed by atoms with van der Waals surface area (Å²) in [5.74, 6) is 0.309. The van der Waals surface area contributed by atoms with E-state index in [4.69, 9.17) is 0 Å². The zero-order valence-corrected chi connectivity index (χ0v) is 17.7. The molecule has 1 fully saturated rings. The van der Waals surface area contributed by atoms with Crippen LogP contribution in [0.5, 0.6) is 0 Å². The molecule has 2 heterocycles. The molecule has 1 aliphatic rings. The van der Waals surface area contributed by atoms with Crippen LogP contribution < -0.4 is 4.90 Å². The fraction of sp³-hybridized carbons (Fsp3) is 0.320. The lowest BCUT2D eigenvalue weighted by Gasteiger charge is -2.38. The van der Waals surface area contributed by atoms with Crippen LogP contribution >= 0.6 is 0 Å². The smallest absolute Gasteiger partial charge is 0.227 e. The number of amides is 1. The molecule has 3 aromatic rings. The molecule has 1 aromatic heterocycles. The first-order valence-electron chi connectivity index (χ1n) is 10.8. The molecular formula is C25H27FN4O. The molecule has 0 N–H and O–H groups in total. The summed E-state index contributed by atoms with van der Waals surface area (Å²) in [4.78, 5) is 26.0. The minimum Gasteiger partial charge on any atom is -0.306 e. The summed E-state index contributed by atoms with van der Waals surface area (Å²) in [6, 6.07) is 16.7. The van der Waals surface area contributed by atoms with Crippen LogP contribution in [0.1, 0.15) is 31.7 Å². The number of hydrogen-bond donors (Lipinski definition) is 0. The Labute approximate surface area is 182 Å². The van der Waals surface area contributed by atoms with Crippen molar-refractivity contribution >= 4 is 11.6 Å². The number of nitrogens with zero attached hydrogens (tertiary/aromatic N) is 4. The number of carbonyl (C=O) groups is 1. The monoisotopic (exact) mass is 418 g/mol. The number of rotatable bonds is 6. The first kappa shape index (κ1) is 21.1. The van der Waals surface area contributed by atoms with E-state index in [1.807, 2.05) is 17.9 Å². The van der Waals surface area contributed by atoms with E-state index >= 15 is 0 Å². The van der Waals surface area contributed by atoms with Gasteiger partial charge in [-0.3, -0.25) is 9.69 Å². The van der Waals surface area contributed by atoms with Crippen molar-refractivity contribution in [2.45, 2.75) is 38.8 Å². The number of benzene rings is 2. The Bertz CT molecular complexity index is 984. The Morgan fingerprint density at radius 2 is 1.68 bits per heavy atom. The second-order valence-electron chi connectivity index (χ2n) is 7.88. The van der Waals surface area contributed by atoms with E-state index in [0.29, 0.717) is 12.2 Å². The van der Waals surface area contributed by atoms with Crippen LogP contribution in [0.2, 0.25) is 0 Å². The average Bonchev–Trinajstić information content (AvgIpc) is 2.82. The molecule has 2 aromatic carbocycles. The number of aromatic nitrogens is 2. The van der Waals surface area contributed by atoms with Crippen LogP contribution in [0, 0.1) is 5.82 Å². The second kappa shape index (κ2) is 9.79. The van der Waals surface area contributed by atoms with Gasteiger partial charge >= 0.3 is 0 Å². The lowest BCUT2D eigenvalue weighted by molar-refractivity contribution is -0.119. The summed E-state index contributed by atoms with van der Waals surface area (Å²) < 4.78 is 13.2. The Balaban J connectivity index is 1.45. The highest BCUT2D eigenvalue weighted by atomic mass is 19.1. The molecule has 31 heavy (non-hydrogen) atoms. The third-order valence-electron chi connectivity index (χ3n) is 5.76. The Kier molecular flexibility index (Phi) is 6.67. The predicted molar refractivity (Wildman–Crippen MR) is 120 cm³/mol. The number of halogens is 1. The van der Waals surface area contributed by atoms with Gasteiger partial charge in [-0.1, -0.05) is 37.3 Å². The molecule has 0 radical (unpaired) electrons. The van der Waals surface area contributed by atoms with E-state index in [-0.39, 0.29) is 17.8 Å². The van der Waals surface area contributed by atoms with Gasteiger partial charge in [-0.2, -0.15) is 0 Å². The summed E-state index contributed by atoms with van der Waals surface area (Å²) in [5.41, 5.74) is 2.78. The molecule has 0 saturated carbocycles. The zero-order valence-electron chi connectivity index (χ0n) is 17.7. The van der Waals surface area contributed by atoms with Crippen LogP contribution in [0.25, 0.3) is 11.4 Å². The fourth-order valence-electron chi connectivity index (χ4n) is 4.10. The highest BCUT2D eigenvalue weighted by molar-refractivity contribution is 5.93. The van der Waals surface area contributed by atoms with E-state index in [9.17, 15) is 9.18 Å². The Hall–Kier alpha value is -3.12. The van der Waals surface area contributed by atoms with E-state index in [0.717, 1.165) is 43.7 Å². The topological polar surface area (TPSA) is 49.3 Å². The first-order valence-corrected chi connectivity index (χ1v) is 10.8. The molecule has 1 saturated heterocycles. The van der Waals surface area contributed by atoms with E-state index < -0.39 is 0 Å². The van der Waals surface area contributed by atoms with Gasteiger partial charge < -0.3 is 4.90 Å². The minimum absolute atomic E-state index is 0.0830. The van der Waals surface area contributed by atoms with Gasteiger partial charge in [0, 0.05) is 37.7 Å². The maximum Gasteiger partial charge on any atom is 0.227 e. The van der Waals surface area contributed by atoms with Gasteiger partial charge in [-0.05, 0) is 42.7 Å². The summed E-state index contributed by atoms with van der Waals surface area (Å²) in [5, 5.41) is 0. The van der Waals surface area contributed by atoms with E-state index in [1.54, 1.807) is 24.5 Å². The van der Waals surface area contributed by atoms with Crippen LogP contribution in [0.15, 0.2) is 67.0 Å². The van der Waals surface area contributed by atoms with Gasteiger partial charge in [0.15, 0.2) is 5.82 Å². The largest absolute Gasteiger partial charge is 0.306 e. The molecule has 0 unspecified atom stereocenters. The molecule has 0 bridgehead atoms. The van der Waals surface area contributed by atoms with Gasteiger partial charge in [0.25, 0.3) is 0 Å². The predicted octanol–water partition coefficient (Wildman–Crippen LogP) is 4.69. The van der Waals surface area contributed by atoms with Crippen LogP contribution in [-0.4, -0.2) is 39.9 Å². The van der Waals surface area contributed by atoms with Crippen molar-refractivity contribution < 1.29 is 9.18 Å². The molecule has 5 nitrogen and oxygen atoms in total. The molecule has 1 amide bonds. The van der Waals surface area contributed by atoms with Gasteiger partial charge in [0.1, 0.15) is 5.82 Å². The maximum atomic E-state index is 13.2. The number of anilines is 1. The minimum atomic E-state index is -0.293. The quantitative estimate of drug-likeness (QED) is 0.583. The van der Waals surface area contributed by atoms with Gasteiger partial charge in [0.2, 0.25) is 5.91 Å². The normalized spacial score (nSPS) is 15.0. The number of piperidine rings is 1. The number of likely N-dealkylation sites (tertiary alicyclic amines) is 1. The molecule has 0 atom stereocenters. The SMILES string of the molecule is CCC(=O)N(c1cnc(-c2ccc(F)cc2)nc1)C1CCN(Cc2ccccc2)CC1. The Morgan fingerprint density at radius 1 is 1.03 bits per heavy atom. The Morgan fingerprint density at radius 3 is 2.29 bits per heavy atom. The summed E-state index contributed by atoms with van der Waals surface area (Å²) in [6.07, 6.45) is 5.67. The molecule has 1 aliphatic heterocycles. The van der Waals surface area contributed by atoms with Gasteiger partial charge in [-0.15, -0.1) is 0 Å². The van der Waals surface area contributed by atoms with Crippen molar-refractivity contribution in [3.63, 3.8) is 0 Å². The van der Waals surface area contributed by atoms with Gasteiger partial charge in [-0.25, -0.2) is 14.4 Å². The maximum absolute atomic E-state index is 13.2. The summed E-state index contributed by atoms with van der Waals surface area (Å²) in [7, 11) is 0. The third kappa shape index (κ3) is 5.14. The fourth-order valence-corrected chi connectivity index (χ4v) is 4.10. The van der Waals surface area contributed by atoms with Crippen molar-refractivity contribution in [1.82, 2.24) is 14.9 Å². The number of carbonyl (C=O) groups excluding carboxylic acids is 1. The van der Waals surface area contributed by atoms with E-state index in [2.05, 4.69) is 39.1 Å². The summed E-state index contributed by atoms with van der Waals surface area (Å²) >= 11 is 0. The average molecular weight is 419 g/mol. The van der Waals surface area contributed by atoms with Crippen molar-refractivity contribution in [2.24, 2.45) is 0 Å². The van der Waals surface area contributed by atoms with E-state index in [1.165, 1.54) is 17.7 Å².